The van der Waals surface area contributed by atoms with Gasteiger partial charge in [0.15, 0.2) is 11.6 Å². The number of halogens is 1. The number of esters is 1. The first-order valence-electron chi connectivity index (χ1n) is 11.3. The third-order valence-corrected chi connectivity index (χ3v) is 5.75. The fraction of sp³-hybridized carbons (Fsp3) is 0.333. The Morgan fingerprint density at radius 2 is 1.61 bits per heavy atom. The third kappa shape index (κ3) is 6.80. The minimum atomic E-state index is -0.228. The van der Waals surface area contributed by atoms with Crippen LogP contribution in [0.2, 0.25) is 0 Å². The highest BCUT2D eigenvalue weighted by molar-refractivity contribution is 5.85. The largest absolute Gasteiger partial charge is 0.422 e. The van der Waals surface area contributed by atoms with Crippen molar-refractivity contribution in [3.63, 3.8) is 0 Å². The molecule has 4 rings (SSSR count). The van der Waals surface area contributed by atoms with Crippen LogP contribution in [-0.2, 0) is 17.8 Å². The maximum atomic E-state index is 12.1. The van der Waals surface area contributed by atoms with Crippen molar-refractivity contribution < 1.29 is 9.53 Å². The Bertz CT molecular complexity index is 1030. The summed E-state index contributed by atoms with van der Waals surface area (Å²) in [6.45, 7) is 8.21. The fourth-order valence-corrected chi connectivity index (χ4v) is 3.97. The van der Waals surface area contributed by atoms with Crippen LogP contribution in [0.5, 0.6) is 5.75 Å². The zero-order valence-corrected chi connectivity index (χ0v) is 20.1. The van der Waals surface area contributed by atoms with Crippen molar-refractivity contribution in [1.82, 2.24) is 9.88 Å². The molecule has 1 aromatic heterocycles. The van der Waals surface area contributed by atoms with Gasteiger partial charge in [0.25, 0.3) is 0 Å². The molecule has 0 amide bonds. The predicted octanol–water partition coefficient (Wildman–Crippen LogP) is 4.98. The van der Waals surface area contributed by atoms with Gasteiger partial charge < -0.3 is 9.64 Å². The Hall–Kier alpha value is -2.89. The molecule has 0 spiro atoms. The van der Waals surface area contributed by atoms with Crippen LogP contribution in [-0.4, -0.2) is 42.0 Å². The zero-order valence-electron chi connectivity index (χ0n) is 19.3. The van der Waals surface area contributed by atoms with Crippen LogP contribution in [0.4, 0.5) is 5.82 Å². The quantitative estimate of drug-likeness (QED) is 0.460. The molecule has 0 bridgehead atoms. The maximum absolute atomic E-state index is 12.1. The predicted molar refractivity (Wildman–Crippen MR) is 135 cm³/mol. The zero-order chi connectivity index (χ0) is 22.3. The number of carbonyl (C=O) groups is 1. The molecule has 0 aliphatic carbocycles. The molecule has 0 atom stereocenters. The normalized spacial score (nSPS) is 14.1. The molecule has 2 heterocycles. The molecule has 0 saturated carbocycles. The number of hydrogen-bond donors (Lipinski definition) is 0. The van der Waals surface area contributed by atoms with E-state index in [4.69, 9.17) is 4.74 Å². The lowest BCUT2D eigenvalue weighted by Gasteiger charge is -2.36. The highest BCUT2D eigenvalue weighted by Gasteiger charge is 2.22. The molecule has 5 nitrogen and oxygen atoms in total. The van der Waals surface area contributed by atoms with Crippen molar-refractivity contribution in [3.05, 3.63) is 89.6 Å². The molecule has 0 radical (unpaired) electrons. The van der Waals surface area contributed by atoms with Crippen molar-refractivity contribution in [2.45, 2.75) is 26.8 Å². The summed E-state index contributed by atoms with van der Waals surface area (Å²) in [6.07, 6.45) is 2.71. The molecule has 1 saturated heterocycles. The number of hydrogen-bond acceptors (Lipinski definition) is 5. The van der Waals surface area contributed by atoms with E-state index in [1.807, 2.05) is 26.0 Å². The van der Waals surface area contributed by atoms with Crippen LogP contribution in [0.15, 0.2) is 72.9 Å². The van der Waals surface area contributed by atoms with E-state index in [9.17, 15) is 4.79 Å². The van der Waals surface area contributed by atoms with Gasteiger partial charge in [0.2, 0.25) is 0 Å². The lowest BCUT2D eigenvalue weighted by atomic mass is 10.0. The number of nitrogens with zero attached hydrogens (tertiary/aromatic N) is 3. The molecule has 174 valence electrons. The number of aromatic nitrogens is 1. The first-order chi connectivity index (χ1) is 15.6. The highest BCUT2D eigenvalue weighted by Crippen LogP contribution is 2.27. The summed E-state index contributed by atoms with van der Waals surface area (Å²) in [5.74, 6) is 0.907. The summed E-state index contributed by atoms with van der Waals surface area (Å²) in [4.78, 5) is 21.3. The molecule has 1 fully saturated rings. The molecule has 0 N–H and O–H groups in total. The topological polar surface area (TPSA) is 45.7 Å². The number of carbonyl (C=O) groups excluding carboxylic acids is 1. The van der Waals surface area contributed by atoms with Crippen LogP contribution >= 0.6 is 12.4 Å². The van der Waals surface area contributed by atoms with Gasteiger partial charge in [0, 0.05) is 38.9 Å². The first kappa shape index (κ1) is 24.7. The summed E-state index contributed by atoms with van der Waals surface area (Å²) >= 11 is 0. The van der Waals surface area contributed by atoms with E-state index in [0.29, 0.717) is 5.75 Å². The highest BCUT2D eigenvalue weighted by atomic mass is 35.5. The molecule has 1 aliphatic rings. The molecule has 0 unspecified atom stereocenters. The molecule has 3 aromatic rings. The van der Waals surface area contributed by atoms with E-state index in [1.165, 1.54) is 16.7 Å². The van der Waals surface area contributed by atoms with Crippen LogP contribution in [0.25, 0.3) is 0 Å². The second-order valence-corrected chi connectivity index (χ2v) is 8.65. The monoisotopic (exact) mass is 465 g/mol. The lowest BCUT2D eigenvalue weighted by molar-refractivity contribution is -0.137. The van der Waals surface area contributed by atoms with Gasteiger partial charge in [-0.25, -0.2) is 4.98 Å². The second kappa shape index (κ2) is 11.8. The average Bonchev–Trinajstić information content (AvgIpc) is 2.81. The molecule has 2 aromatic carbocycles. The van der Waals surface area contributed by atoms with Gasteiger partial charge in [-0.05, 0) is 35.2 Å². The Morgan fingerprint density at radius 1 is 0.909 bits per heavy atom. The van der Waals surface area contributed by atoms with E-state index in [-0.39, 0.29) is 24.3 Å². The molecule has 33 heavy (non-hydrogen) atoms. The molecule has 6 heteroatoms. The number of rotatable bonds is 7. The van der Waals surface area contributed by atoms with Gasteiger partial charge in [-0.2, -0.15) is 0 Å². The van der Waals surface area contributed by atoms with E-state index >= 15 is 0 Å². The number of piperazine rings is 1. The van der Waals surface area contributed by atoms with Crippen molar-refractivity contribution in [2.75, 3.05) is 31.1 Å². The number of anilines is 1. The fourth-order valence-electron chi connectivity index (χ4n) is 3.97. The Kier molecular flexibility index (Phi) is 8.87. The average molecular weight is 466 g/mol. The Labute approximate surface area is 202 Å². The summed E-state index contributed by atoms with van der Waals surface area (Å²) in [5.41, 5.74) is 4.02. The van der Waals surface area contributed by atoms with Gasteiger partial charge in [-0.3, -0.25) is 9.69 Å². The molecular weight excluding hydrogens is 434 g/mol. The van der Waals surface area contributed by atoms with E-state index in [2.05, 4.69) is 69.4 Å². The smallest absolute Gasteiger partial charge is 0.313 e. The number of ether oxygens (including phenoxy) is 1. The van der Waals surface area contributed by atoms with Crippen molar-refractivity contribution in [1.29, 1.82) is 0 Å². The van der Waals surface area contributed by atoms with E-state index in [0.717, 1.165) is 45.0 Å². The van der Waals surface area contributed by atoms with Crippen molar-refractivity contribution in [3.8, 4) is 5.75 Å². The second-order valence-electron chi connectivity index (χ2n) is 8.65. The van der Waals surface area contributed by atoms with Crippen LogP contribution < -0.4 is 9.64 Å². The molecular formula is C27H32ClN3O2. The summed E-state index contributed by atoms with van der Waals surface area (Å²) in [5, 5.41) is 0. The minimum absolute atomic E-state index is 0. The number of benzene rings is 2. The lowest BCUT2D eigenvalue weighted by Crippen LogP contribution is -2.46. The van der Waals surface area contributed by atoms with Crippen molar-refractivity contribution >= 4 is 24.2 Å². The Morgan fingerprint density at radius 3 is 2.33 bits per heavy atom. The van der Waals surface area contributed by atoms with Crippen LogP contribution in [0.3, 0.4) is 0 Å². The van der Waals surface area contributed by atoms with Gasteiger partial charge in [0.1, 0.15) is 0 Å². The molecule has 1 aliphatic heterocycles. The first-order valence-corrected chi connectivity index (χ1v) is 11.3. The minimum Gasteiger partial charge on any atom is -0.422 e. The Balaban J connectivity index is 0.00000306. The van der Waals surface area contributed by atoms with Gasteiger partial charge in [-0.1, -0.05) is 68.4 Å². The van der Waals surface area contributed by atoms with Crippen LogP contribution in [0.1, 0.15) is 30.5 Å². The standard InChI is InChI=1S/C27H31N3O2.ClH/c1-21(2)27(31)32-25-12-7-13-28-26(25)30-16-14-29(15-17-30)20-24-11-6-10-23(19-24)18-22-8-4-3-5-9-22;/h3-13,19,21H,14-18,20H2,1-2H3;1H. The summed E-state index contributed by atoms with van der Waals surface area (Å²) in [6, 6.07) is 23.1. The maximum Gasteiger partial charge on any atom is 0.313 e. The van der Waals surface area contributed by atoms with E-state index < -0.39 is 0 Å². The summed E-state index contributed by atoms with van der Waals surface area (Å²) in [7, 11) is 0. The van der Waals surface area contributed by atoms with Crippen LogP contribution in [0, 0.1) is 5.92 Å². The van der Waals surface area contributed by atoms with Gasteiger partial charge >= 0.3 is 5.97 Å². The van der Waals surface area contributed by atoms with Gasteiger partial charge in [0.05, 0.1) is 5.92 Å². The third-order valence-electron chi connectivity index (χ3n) is 5.75. The van der Waals surface area contributed by atoms with Gasteiger partial charge in [-0.15, -0.1) is 12.4 Å². The van der Waals surface area contributed by atoms with E-state index in [1.54, 1.807) is 6.20 Å². The van der Waals surface area contributed by atoms with Crippen molar-refractivity contribution in [2.24, 2.45) is 5.92 Å². The SMILES string of the molecule is CC(C)C(=O)Oc1cccnc1N1CCN(Cc2cccc(Cc3ccccc3)c2)CC1.Cl. The summed E-state index contributed by atoms with van der Waals surface area (Å²) < 4.78 is 5.59. The number of pyridine rings is 1.